The van der Waals surface area contributed by atoms with E-state index in [1.807, 2.05) is 36.7 Å². The summed E-state index contributed by atoms with van der Waals surface area (Å²) < 4.78 is 0. The Morgan fingerprint density at radius 3 is 2.70 bits per heavy atom. The Balaban J connectivity index is 1.45. The van der Waals surface area contributed by atoms with E-state index in [-0.39, 0.29) is 0 Å². The molecule has 3 heterocycles. The molecule has 4 nitrogen and oxygen atoms in total. The topological polar surface area (TPSA) is 41.0 Å². The molecule has 2 aromatic rings. The second-order valence-electron chi connectivity index (χ2n) is 5.31. The number of anilines is 1. The second-order valence-corrected chi connectivity index (χ2v) is 5.31. The molecule has 0 saturated carbocycles. The Morgan fingerprint density at radius 2 is 1.95 bits per heavy atom. The van der Waals surface area contributed by atoms with Gasteiger partial charge < -0.3 is 5.32 Å². The van der Waals surface area contributed by atoms with Crippen molar-refractivity contribution in [3.8, 4) is 0 Å². The van der Waals surface area contributed by atoms with Crippen molar-refractivity contribution in [2.24, 2.45) is 5.92 Å². The van der Waals surface area contributed by atoms with Crippen molar-refractivity contribution in [2.45, 2.75) is 13.0 Å². The number of nitrogens with one attached hydrogen (secondary N) is 1. The molecule has 4 heteroatoms. The number of nitrogens with zero attached hydrogens (tertiary/aromatic N) is 3. The minimum absolute atomic E-state index is 0.695. The minimum Gasteiger partial charge on any atom is -0.370 e. The average Bonchev–Trinajstić information content (AvgIpc) is 2.95. The van der Waals surface area contributed by atoms with E-state index in [4.69, 9.17) is 0 Å². The van der Waals surface area contributed by atoms with Gasteiger partial charge in [-0.2, -0.15) is 0 Å². The lowest BCUT2D eigenvalue weighted by Gasteiger charge is -2.16. The van der Waals surface area contributed by atoms with Crippen LogP contribution in [0.25, 0.3) is 0 Å². The van der Waals surface area contributed by atoms with Crippen LogP contribution in [-0.2, 0) is 6.54 Å². The van der Waals surface area contributed by atoms with E-state index in [1.165, 1.54) is 6.42 Å². The van der Waals surface area contributed by atoms with Crippen LogP contribution >= 0.6 is 0 Å². The Morgan fingerprint density at radius 1 is 1.10 bits per heavy atom. The molecule has 0 aromatic carbocycles. The van der Waals surface area contributed by atoms with Crippen LogP contribution < -0.4 is 5.32 Å². The average molecular weight is 268 g/mol. The van der Waals surface area contributed by atoms with Gasteiger partial charge in [-0.3, -0.25) is 9.88 Å². The van der Waals surface area contributed by atoms with Crippen LogP contribution in [-0.4, -0.2) is 34.5 Å². The molecule has 0 radical (unpaired) electrons. The van der Waals surface area contributed by atoms with Gasteiger partial charge in [-0.25, -0.2) is 4.98 Å². The number of hydrogen-bond acceptors (Lipinski definition) is 4. The van der Waals surface area contributed by atoms with Gasteiger partial charge in [0.05, 0.1) is 5.69 Å². The zero-order chi connectivity index (χ0) is 13.6. The molecule has 1 atom stereocenters. The van der Waals surface area contributed by atoms with Crippen molar-refractivity contribution in [2.75, 3.05) is 25.0 Å². The maximum absolute atomic E-state index is 4.39. The van der Waals surface area contributed by atoms with E-state index in [0.29, 0.717) is 5.92 Å². The lowest BCUT2D eigenvalue weighted by Crippen LogP contribution is -2.23. The van der Waals surface area contributed by atoms with Gasteiger partial charge in [0.1, 0.15) is 5.82 Å². The zero-order valence-electron chi connectivity index (χ0n) is 11.6. The van der Waals surface area contributed by atoms with Crippen LogP contribution in [0.1, 0.15) is 12.1 Å². The summed E-state index contributed by atoms with van der Waals surface area (Å²) in [5.74, 6) is 1.66. The van der Waals surface area contributed by atoms with E-state index in [9.17, 15) is 0 Å². The molecule has 0 bridgehead atoms. The summed E-state index contributed by atoms with van der Waals surface area (Å²) in [6.45, 7) is 4.25. The first-order chi connectivity index (χ1) is 9.90. The summed E-state index contributed by atoms with van der Waals surface area (Å²) in [5, 5.41) is 3.42. The minimum atomic E-state index is 0.695. The monoisotopic (exact) mass is 268 g/mol. The summed E-state index contributed by atoms with van der Waals surface area (Å²) in [5.41, 5.74) is 1.16. The number of likely N-dealkylation sites (tertiary alicyclic amines) is 1. The van der Waals surface area contributed by atoms with E-state index in [0.717, 1.165) is 37.7 Å². The fourth-order valence-corrected chi connectivity index (χ4v) is 2.66. The quantitative estimate of drug-likeness (QED) is 0.904. The number of aromatic nitrogens is 2. The van der Waals surface area contributed by atoms with Crippen molar-refractivity contribution < 1.29 is 0 Å². The molecule has 1 aliphatic heterocycles. The van der Waals surface area contributed by atoms with E-state index in [1.54, 1.807) is 0 Å². The van der Waals surface area contributed by atoms with Gasteiger partial charge in [-0.15, -0.1) is 0 Å². The molecule has 1 saturated heterocycles. The van der Waals surface area contributed by atoms with Gasteiger partial charge in [0, 0.05) is 32.0 Å². The van der Waals surface area contributed by atoms with Crippen molar-refractivity contribution >= 4 is 5.82 Å². The third kappa shape index (κ3) is 3.54. The number of pyridine rings is 2. The van der Waals surface area contributed by atoms with Crippen LogP contribution in [0.3, 0.4) is 0 Å². The predicted octanol–water partition coefficient (Wildman–Crippen LogP) is 2.41. The molecule has 0 aliphatic carbocycles. The van der Waals surface area contributed by atoms with Crippen molar-refractivity contribution in [3.05, 3.63) is 54.5 Å². The van der Waals surface area contributed by atoms with Crippen LogP contribution in [0.15, 0.2) is 48.8 Å². The van der Waals surface area contributed by atoms with Gasteiger partial charge in [0.25, 0.3) is 0 Å². The zero-order valence-corrected chi connectivity index (χ0v) is 11.6. The third-order valence-corrected chi connectivity index (χ3v) is 3.72. The van der Waals surface area contributed by atoms with Crippen molar-refractivity contribution in [1.82, 2.24) is 14.9 Å². The summed E-state index contributed by atoms with van der Waals surface area (Å²) in [6.07, 6.45) is 4.93. The maximum atomic E-state index is 4.39. The van der Waals surface area contributed by atoms with E-state index >= 15 is 0 Å². The van der Waals surface area contributed by atoms with Crippen molar-refractivity contribution in [1.29, 1.82) is 0 Å². The number of hydrogen-bond donors (Lipinski definition) is 1. The van der Waals surface area contributed by atoms with Gasteiger partial charge in [0.15, 0.2) is 0 Å². The third-order valence-electron chi connectivity index (χ3n) is 3.72. The van der Waals surface area contributed by atoms with Gasteiger partial charge in [-0.1, -0.05) is 12.1 Å². The summed E-state index contributed by atoms with van der Waals surface area (Å²) in [6, 6.07) is 12.1. The van der Waals surface area contributed by atoms with Crippen LogP contribution in [0.2, 0.25) is 0 Å². The largest absolute Gasteiger partial charge is 0.370 e. The molecular formula is C16H20N4. The van der Waals surface area contributed by atoms with Crippen LogP contribution in [0.5, 0.6) is 0 Å². The Hall–Kier alpha value is -1.94. The van der Waals surface area contributed by atoms with Crippen LogP contribution in [0, 0.1) is 5.92 Å². The Labute approximate surface area is 119 Å². The molecule has 0 spiro atoms. The predicted molar refractivity (Wildman–Crippen MR) is 80.3 cm³/mol. The second kappa shape index (κ2) is 6.48. The van der Waals surface area contributed by atoms with Crippen LogP contribution in [0.4, 0.5) is 5.82 Å². The summed E-state index contributed by atoms with van der Waals surface area (Å²) >= 11 is 0. The first-order valence-corrected chi connectivity index (χ1v) is 7.17. The molecule has 3 rings (SSSR count). The molecule has 1 aliphatic rings. The first kappa shape index (κ1) is 13.1. The Bertz CT molecular complexity index is 515. The number of rotatable bonds is 5. The molecule has 0 amide bonds. The lowest BCUT2D eigenvalue weighted by atomic mass is 10.1. The first-order valence-electron chi connectivity index (χ1n) is 7.17. The van der Waals surface area contributed by atoms with Gasteiger partial charge in [-0.05, 0) is 43.1 Å². The molecule has 2 aromatic heterocycles. The SMILES string of the molecule is c1ccc(CN2CC[C@H](CNc3ccccn3)C2)nc1. The molecule has 1 fully saturated rings. The van der Waals surface area contributed by atoms with E-state index < -0.39 is 0 Å². The van der Waals surface area contributed by atoms with E-state index in [2.05, 4.69) is 32.3 Å². The summed E-state index contributed by atoms with van der Waals surface area (Å²) in [7, 11) is 0. The standard InChI is InChI=1S/C16H20N4/c1-3-8-17-15(5-1)13-20-10-7-14(12-20)11-19-16-6-2-4-9-18-16/h1-6,8-9,14H,7,10-13H2,(H,18,19)/t14-/m1/s1. The highest BCUT2D eigenvalue weighted by molar-refractivity contribution is 5.33. The molecule has 0 unspecified atom stereocenters. The van der Waals surface area contributed by atoms with Gasteiger partial charge >= 0.3 is 0 Å². The molecule has 104 valence electrons. The highest BCUT2D eigenvalue weighted by Crippen LogP contribution is 2.18. The normalized spacial score (nSPS) is 19.1. The molecule has 20 heavy (non-hydrogen) atoms. The molecular weight excluding hydrogens is 248 g/mol. The smallest absolute Gasteiger partial charge is 0.125 e. The van der Waals surface area contributed by atoms with Crippen molar-refractivity contribution in [3.63, 3.8) is 0 Å². The molecule has 1 N–H and O–H groups in total. The fourth-order valence-electron chi connectivity index (χ4n) is 2.66. The summed E-state index contributed by atoms with van der Waals surface area (Å²) in [4.78, 5) is 11.2. The highest BCUT2D eigenvalue weighted by Gasteiger charge is 2.22. The fraction of sp³-hybridized carbons (Fsp3) is 0.375. The van der Waals surface area contributed by atoms with Gasteiger partial charge in [0.2, 0.25) is 0 Å². The highest BCUT2D eigenvalue weighted by atomic mass is 15.2. The lowest BCUT2D eigenvalue weighted by molar-refractivity contribution is 0.315. The Kier molecular flexibility index (Phi) is 4.23. The maximum Gasteiger partial charge on any atom is 0.125 e.